The van der Waals surface area contributed by atoms with Gasteiger partial charge in [-0.05, 0) is 78.7 Å². The van der Waals surface area contributed by atoms with Crippen LogP contribution in [0.4, 0.5) is 11.4 Å². The van der Waals surface area contributed by atoms with E-state index in [1.807, 2.05) is 79.7 Å². The molecule has 0 saturated carbocycles. The predicted molar refractivity (Wildman–Crippen MR) is 183 cm³/mol. The molecular weight excluding hydrogens is 602 g/mol. The summed E-state index contributed by atoms with van der Waals surface area (Å²) in [4.78, 5) is 40.6. The van der Waals surface area contributed by atoms with Crippen molar-refractivity contribution in [2.45, 2.75) is 17.1 Å². The fourth-order valence-electron chi connectivity index (χ4n) is 4.50. The van der Waals surface area contributed by atoms with E-state index in [0.717, 1.165) is 21.6 Å². The highest BCUT2D eigenvalue weighted by Crippen LogP contribution is 2.37. The molecule has 45 heavy (non-hydrogen) atoms. The van der Waals surface area contributed by atoms with E-state index in [1.54, 1.807) is 66.7 Å². The van der Waals surface area contributed by atoms with Gasteiger partial charge in [-0.2, -0.15) is 0 Å². The third-order valence-corrected chi connectivity index (χ3v) is 8.18. The Bertz CT molecular complexity index is 1830. The molecule has 0 heterocycles. The summed E-state index contributed by atoms with van der Waals surface area (Å²) in [6.45, 7) is 1.96. The Labute approximate surface area is 271 Å². The Morgan fingerprint density at radius 2 is 1.40 bits per heavy atom. The number of hydrogen-bond donors (Lipinski definition) is 3. The number of halogens is 1. The van der Waals surface area contributed by atoms with Gasteiger partial charge in [-0.15, -0.1) is 11.8 Å². The predicted octanol–water partition coefficient (Wildman–Crippen LogP) is 8.53. The van der Waals surface area contributed by atoms with Crippen molar-refractivity contribution in [1.29, 1.82) is 0 Å². The van der Waals surface area contributed by atoms with E-state index in [4.69, 9.17) is 11.6 Å². The zero-order valence-corrected chi connectivity index (χ0v) is 25.9. The van der Waals surface area contributed by atoms with Gasteiger partial charge in [-0.1, -0.05) is 96.0 Å². The van der Waals surface area contributed by atoms with Crippen molar-refractivity contribution >= 4 is 58.5 Å². The van der Waals surface area contributed by atoms with Crippen molar-refractivity contribution < 1.29 is 14.4 Å². The van der Waals surface area contributed by atoms with Crippen molar-refractivity contribution in [2.75, 3.05) is 10.6 Å². The van der Waals surface area contributed by atoms with E-state index in [-0.39, 0.29) is 17.5 Å². The van der Waals surface area contributed by atoms with Gasteiger partial charge in [-0.25, -0.2) is 0 Å². The number of amides is 3. The van der Waals surface area contributed by atoms with E-state index in [2.05, 4.69) is 16.0 Å². The standard InChI is InChI=1S/C37H30ClN3O3S/c1-25-10-8-11-26(22-25)23-33(41-35(42)28-14-6-3-7-15-28)36(43)39-30-18-20-32(21-19-30)45-34(27-12-4-2-5-13-27)37(44)40-31-17-9-16-29(38)24-31/h2-24,34H,1H3,(H,39,43)(H,40,44)(H,41,42)/b33-23-. The van der Waals surface area contributed by atoms with Crippen LogP contribution in [-0.2, 0) is 9.59 Å². The summed E-state index contributed by atoms with van der Waals surface area (Å²) in [7, 11) is 0. The lowest BCUT2D eigenvalue weighted by Crippen LogP contribution is -2.30. The number of carbonyl (C=O) groups excluding carboxylic acids is 3. The average molecular weight is 632 g/mol. The van der Waals surface area contributed by atoms with Gasteiger partial charge in [0, 0.05) is 26.9 Å². The summed E-state index contributed by atoms with van der Waals surface area (Å²) in [5, 5.41) is 8.60. The number of hydrogen-bond acceptors (Lipinski definition) is 4. The molecule has 3 N–H and O–H groups in total. The molecule has 6 nitrogen and oxygen atoms in total. The van der Waals surface area contributed by atoms with Crippen molar-refractivity contribution in [3.8, 4) is 0 Å². The second-order valence-electron chi connectivity index (χ2n) is 10.2. The van der Waals surface area contributed by atoms with Crippen LogP contribution >= 0.6 is 23.4 Å². The second-order valence-corrected chi connectivity index (χ2v) is 11.8. The zero-order chi connectivity index (χ0) is 31.6. The molecule has 0 aliphatic carbocycles. The maximum absolute atomic E-state index is 13.4. The number of carbonyl (C=O) groups is 3. The topological polar surface area (TPSA) is 87.3 Å². The Morgan fingerprint density at radius 3 is 2.09 bits per heavy atom. The summed E-state index contributed by atoms with van der Waals surface area (Å²) >= 11 is 7.50. The normalized spacial score (nSPS) is 11.7. The number of thioether (sulfide) groups is 1. The van der Waals surface area contributed by atoms with Crippen LogP contribution in [0.1, 0.15) is 32.3 Å². The van der Waals surface area contributed by atoms with Gasteiger partial charge in [-0.3, -0.25) is 14.4 Å². The molecule has 5 aromatic carbocycles. The lowest BCUT2D eigenvalue weighted by Gasteiger charge is -2.18. The smallest absolute Gasteiger partial charge is 0.272 e. The van der Waals surface area contributed by atoms with Crippen LogP contribution in [0.3, 0.4) is 0 Å². The summed E-state index contributed by atoms with van der Waals surface area (Å²) in [5.74, 6) is -1.05. The largest absolute Gasteiger partial charge is 0.325 e. The number of anilines is 2. The highest BCUT2D eigenvalue weighted by molar-refractivity contribution is 8.00. The SMILES string of the molecule is Cc1cccc(/C=C(\NC(=O)c2ccccc2)C(=O)Nc2ccc(SC(C(=O)Nc3cccc(Cl)c3)c3ccccc3)cc2)c1. The fourth-order valence-corrected chi connectivity index (χ4v) is 5.71. The first-order valence-corrected chi connectivity index (χ1v) is 15.4. The van der Waals surface area contributed by atoms with Crippen LogP contribution in [0.2, 0.25) is 5.02 Å². The van der Waals surface area contributed by atoms with Crippen molar-refractivity contribution in [2.24, 2.45) is 0 Å². The molecule has 0 radical (unpaired) electrons. The van der Waals surface area contributed by atoms with Gasteiger partial charge in [0.1, 0.15) is 10.9 Å². The molecule has 5 aromatic rings. The molecule has 224 valence electrons. The fraction of sp³-hybridized carbons (Fsp3) is 0.0541. The van der Waals surface area contributed by atoms with Gasteiger partial charge < -0.3 is 16.0 Å². The first kappa shape index (κ1) is 31.3. The minimum Gasteiger partial charge on any atom is -0.325 e. The van der Waals surface area contributed by atoms with Gasteiger partial charge in [0.25, 0.3) is 11.8 Å². The van der Waals surface area contributed by atoms with Crippen LogP contribution in [0.25, 0.3) is 6.08 Å². The van der Waals surface area contributed by atoms with Crippen LogP contribution in [-0.4, -0.2) is 17.7 Å². The molecule has 3 amide bonds. The number of aryl methyl sites for hydroxylation is 1. The van der Waals surface area contributed by atoms with E-state index in [0.29, 0.717) is 22.0 Å². The molecule has 0 aromatic heterocycles. The molecule has 0 fully saturated rings. The molecule has 0 aliphatic heterocycles. The third kappa shape index (κ3) is 8.95. The maximum Gasteiger partial charge on any atom is 0.272 e. The van der Waals surface area contributed by atoms with Crippen molar-refractivity contribution in [3.63, 3.8) is 0 Å². The number of nitrogens with one attached hydrogen (secondary N) is 3. The van der Waals surface area contributed by atoms with Gasteiger partial charge in [0.05, 0.1) is 0 Å². The molecule has 1 atom stereocenters. The second kappa shape index (κ2) is 15.1. The zero-order valence-electron chi connectivity index (χ0n) is 24.4. The van der Waals surface area contributed by atoms with Gasteiger partial charge in [0.2, 0.25) is 5.91 Å². The summed E-state index contributed by atoms with van der Waals surface area (Å²) in [5.41, 5.74) is 4.35. The molecule has 1 unspecified atom stereocenters. The molecule has 0 spiro atoms. The first-order chi connectivity index (χ1) is 21.8. The maximum atomic E-state index is 13.4. The number of benzene rings is 5. The first-order valence-electron chi connectivity index (χ1n) is 14.2. The number of rotatable bonds is 10. The van der Waals surface area contributed by atoms with E-state index in [9.17, 15) is 14.4 Å². The van der Waals surface area contributed by atoms with Crippen LogP contribution in [0.15, 0.2) is 144 Å². The van der Waals surface area contributed by atoms with Crippen LogP contribution < -0.4 is 16.0 Å². The highest BCUT2D eigenvalue weighted by Gasteiger charge is 2.22. The average Bonchev–Trinajstić information content (AvgIpc) is 3.05. The van der Waals surface area contributed by atoms with Crippen LogP contribution in [0.5, 0.6) is 0 Å². The van der Waals surface area contributed by atoms with Crippen molar-refractivity contribution in [1.82, 2.24) is 5.32 Å². The Morgan fingerprint density at radius 1 is 0.711 bits per heavy atom. The lowest BCUT2D eigenvalue weighted by molar-refractivity contribution is -0.116. The van der Waals surface area contributed by atoms with Crippen molar-refractivity contribution in [3.05, 3.63) is 166 Å². The molecule has 5 rings (SSSR count). The van der Waals surface area contributed by atoms with Gasteiger partial charge in [0.15, 0.2) is 0 Å². The molecule has 0 saturated heterocycles. The molecular formula is C37H30ClN3O3S. The third-order valence-electron chi connectivity index (χ3n) is 6.68. The Hall–Kier alpha value is -5.11. The molecule has 0 bridgehead atoms. The van der Waals surface area contributed by atoms with E-state index >= 15 is 0 Å². The summed E-state index contributed by atoms with van der Waals surface area (Å²) < 4.78 is 0. The monoisotopic (exact) mass is 631 g/mol. The molecule has 0 aliphatic rings. The lowest BCUT2D eigenvalue weighted by atomic mass is 10.1. The van der Waals surface area contributed by atoms with Crippen LogP contribution in [0, 0.1) is 6.92 Å². The Kier molecular flexibility index (Phi) is 10.5. The minimum atomic E-state index is -0.539. The highest BCUT2D eigenvalue weighted by atomic mass is 35.5. The Balaban J connectivity index is 1.33. The summed E-state index contributed by atoms with van der Waals surface area (Å²) in [6.07, 6.45) is 1.65. The molecule has 8 heteroatoms. The van der Waals surface area contributed by atoms with E-state index < -0.39 is 11.2 Å². The summed E-state index contributed by atoms with van der Waals surface area (Å²) in [6, 6.07) is 40.1. The van der Waals surface area contributed by atoms with Gasteiger partial charge >= 0.3 is 0 Å². The minimum absolute atomic E-state index is 0.106. The van der Waals surface area contributed by atoms with E-state index in [1.165, 1.54) is 11.8 Å². The quantitative estimate of drug-likeness (QED) is 0.106.